The van der Waals surface area contributed by atoms with Gasteiger partial charge in [0.15, 0.2) is 8.32 Å². The van der Waals surface area contributed by atoms with Crippen LogP contribution in [-0.4, -0.2) is 37.3 Å². The van der Waals surface area contributed by atoms with Crippen LogP contribution in [0.4, 0.5) is 0 Å². The van der Waals surface area contributed by atoms with E-state index in [-0.39, 0.29) is 23.2 Å². The fourth-order valence-corrected chi connectivity index (χ4v) is 5.23. The van der Waals surface area contributed by atoms with Crippen LogP contribution in [-0.2, 0) is 18.8 Å². The highest BCUT2D eigenvalue weighted by atomic mass is 32.1. The van der Waals surface area contributed by atoms with Gasteiger partial charge in [-0.3, -0.25) is 9.59 Å². The maximum absolute atomic E-state index is 13.1. The fraction of sp³-hybridized carbons (Fsp3) is 0.654. The van der Waals surface area contributed by atoms with E-state index in [1.807, 2.05) is 46.1 Å². The summed E-state index contributed by atoms with van der Waals surface area (Å²) in [6.45, 7) is 24.0. The molecule has 186 valence electrons. The second kappa shape index (κ2) is 11.7. The molecule has 0 aliphatic rings. The minimum atomic E-state index is -2.22. The number of thiazole rings is 1. The first kappa shape index (κ1) is 29.5. The molecule has 0 aliphatic carbocycles. The molecule has 0 aliphatic heterocycles. The van der Waals surface area contributed by atoms with Gasteiger partial charge in [-0.25, -0.2) is 4.98 Å². The Bertz CT molecular complexity index is 864. The van der Waals surface area contributed by atoms with E-state index in [1.54, 1.807) is 17.4 Å². The molecule has 2 atom stereocenters. The number of hydrogen-bond donors (Lipinski definition) is 0. The molecule has 1 aromatic rings. The van der Waals surface area contributed by atoms with E-state index in [4.69, 9.17) is 9.16 Å². The number of ether oxygens (including phenoxy) is 1. The molecule has 1 aromatic heterocycles. The molecule has 0 fully saturated rings. The van der Waals surface area contributed by atoms with Crippen LogP contribution in [0.2, 0.25) is 18.1 Å². The second-order valence-corrected chi connectivity index (χ2v) is 16.6. The average Bonchev–Trinajstić information content (AvgIpc) is 3.09. The van der Waals surface area contributed by atoms with E-state index in [2.05, 4.69) is 45.4 Å². The molecule has 0 bridgehead atoms. The van der Waals surface area contributed by atoms with Crippen molar-refractivity contribution in [3.05, 3.63) is 34.3 Å². The van der Waals surface area contributed by atoms with Crippen molar-refractivity contribution in [1.82, 2.24) is 4.98 Å². The Hall–Kier alpha value is -1.57. The highest BCUT2D eigenvalue weighted by Crippen LogP contribution is 2.41. The molecule has 1 rings (SSSR count). The number of carbonyl (C=O) groups excluding carboxylic acids is 2. The molecule has 0 radical (unpaired) electrons. The Kier molecular flexibility index (Phi) is 10.5. The molecule has 0 amide bonds. The number of Topliss-reactive ketones (excluding diaryl/α,β-unsaturated/α-hetero) is 1. The molecule has 0 spiro atoms. The normalized spacial score (nSPS) is 15.2. The molecule has 0 aromatic carbocycles. The van der Waals surface area contributed by atoms with Crippen LogP contribution in [0.5, 0.6) is 0 Å². The fourth-order valence-electron chi connectivity index (χ4n) is 3.22. The minimum Gasteiger partial charge on any atom is -0.457 e. The van der Waals surface area contributed by atoms with Crippen molar-refractivity contribution in [2.45, 2.75) is 105 Å². The number of aromatic nitrogens is 1. The second-order valence-electron chi connectivity index (χ2n) is 10.8. The first-order valence-corrected chi connectivity index (χ1v) is 15.5. The van der Waals surface area contributed by atoms with Gasteiger partial charge in [0, 0.05) is 23.6 Å². The number of carbonyl (C=O) groups is 2. The molecule has 0 saturated heterocycles. The van der Waals surface area contributed by atoms with Crippen molar-refractivity contribution >= 4 is 37.5 Å². The summed E-state index contributed by atoms with van der Waals surface area (Å²) in [4.78, 5) is 30.4. The van der Waals surface area contributed by atoms with E-state index in [0.717, 1.165) is 16.3 Å². The van der Waals surface area contributed by atoms with Gasteiger partial charge in [-0.1, -0.05) is 47.6 Å². The van der Waals surface area contributed by atoms with Crippen molar-refractivity contribution in [2.24, 2.45) is 5.41 Å². The largest absolute Gasteiger partial charge is 0.457 e. The van der Waals surface area contributed by atoms with Gasteiger partial charge in [0.1, 0.15) is 11.9 Å². The lowest BCUT2D eigenvalue weighted by Crippen LogP contribution is -2.50. The summed E-state index contributed by atoms with van der Waals surface area (Å²) < 4.78 is 12.5. The molecule has 1 heterocycles. The maximum atomic E-state index is 13.1. The van der Waals surface area contributed by atoms with Crippen molar-refractivity contribution in [3.63, 3.8) is 0 Å². The number of ketones is 1. The Balaban J connectivity index is 3.14. The number of rotatable bonds is 12. The van der Waals surface area contributed by atoms with Gasteiger partial charge < -0.3 is 9.16 Å². The van der Waals surface area contributed by atoms with Crippen molar-refractivity contribution in [3.8, 4) is 0 Å². The Morgan fingerprint density at radius 1 is 1.24 bits per heavy atom. The summed E-state index contributed by atoms with van der Waals surface area (Å²) in [7, 11) is -2.22. The Morgan fingerprint density at radius 3 is 2.30 bits per heavy atom. The van der Waals surface area contributed by atoms with Gasteiger partial charge in [-0.15, -0.1) is 17.9 Å². The number of aryl methyl sites for hydroxylation is 1. The van der Waals surface area contributed by atoms with E-state index >= 15 is 0 Å². The molecular formula is C26H43NO4SSi. The van der Waals surface area contributed by atoms with Gasteiger partial charge in [-0.05, 0) is 43.6 Å². The highest BCUT2D eigenvalue weighted by molar-refractivity contribution is 7.09. The van der Waals surface area contributed by atoms with Crippen LogP contribution in [0.25, 0.3) is 6.08 Å². The molecule has 5 nitrogen and oxygen atoms in total. The first-order chi connectivity index (χ1) is 15.0. The molecule has 7 heteroatoms. The van der Waals surface area contributed by atoms with Crippen LogP contribution in [0, 0.1) is 12.3 Å². The Morgan fingerprint density at radius 2 is 1.85 bits per heavy atom. The van der Waals surface area contributed by atoms with E-state index in [1.165, 1.54) is 0 Å². The predicted octanol–water partition coefficient (Wildman–Crippen LogP) is 7.13. The number of nitrogens with zero attached hydrogens (tertiary/aromatic N) is 1. The van der Waals surface area contributed by atoms with E-state index < -0.39 is 25.9 Å². The summed E-state index contributed by atoms with van der Waals surface area (Å²) in [5, 5.41) is 2.92. The highest BCUT2D eigenvalue weighted by Gasteiger charge is 2.45. The number of hydrogen-bond acceptors (Lipinski definition) is 6. The third-order valence-corrected chi connectivity index (χ3v) is 11.9. The summed E-state index contributed by atoms with van der Waals surface area (Å²) in [5.41, 5.74) is 0.966. The zero-order valence-electron chi connectivity index (χ0n) is 22.2. The van der Waals surface area contributed by atoms with Crippen molar-refractivity contribution in [2.75, 3.05) is 0 Å². The Labute approximate surface area is 205 Å². The van der Waals surface area contributed by atoms with Crippen LogP contribution >= 0.6 is 11.3 Å². The van der Waals surface area contributed by atoms with Gasteiger partial charge in [-0.2, -0.15) is 0 Å². The minimum absolute atomic E-state index is 0.0297. The molecule has 0 saturated carbocycles. The van der Waals surface area contributed by atoms with E-state index in [9.17, 15) is 9.59 Å². The van der Waals surface area contributed by atoms with Crippen LogP contribution in [0.15, 0.2) is 23.6 Å². The predicted molar refractivity (Wildman–Crippen MR) is 141 cm³/mol. The molecular weight excluding hydrogens is 450 g/mol. The van der Waals surface area contributed by atoms with Crippen molar-refractivity contribution < 1.29 is 18.8 Å². The van der Waals surface area contributed by atoms with Crippen LogP contribution < -0.4 is 0 Å². The van der Waals surface area contributed by atoms with E-state index in [0.29, 0.717) is 12.8 Å². The van der Waals surface area contributed by atoms with Gasteiger partial charge in [0.2, 0.25) is 0 Å². The van der Waals surface area contributed by atoms with Gasteiger partial charge >= 0.3 is 5.97 Å². The number of esters is 1. The van der Waals surface area contributed by atoms with Crippen molar-refractivity contribution in [1.29, 1.82) is 0 Å². The lowest BCUT2D eigenvalue weighted by Gasteiger charge is -2.43. The first-order valence-electron chi connectivity index (χ1n) is 11.7. The van der Waals surface area contributed by atoms with Gasteiger partial charge in [0.05, 0.1) is 23.2 Å². The average molecular weight is 494 g/mol. The molecule has 33 heavy (non-hydrogen) atoms. The lowest BCUT2D eigenvalue weighted by molar-refractivity contribution is -0.152. The summed E-state index contributed by atoms with van der Waals surface area (Å²) in [6.07, 6.45) is 3.63. The smallest absolute Gasteiger partial charge is 0.309 e. The van der Waals surface area contributed by atoms with Crippen LogP contribution in [0.1, 0.15) is 78.4 Å². The topological polar surface area (TPSA) is 65.5 Å². The summed E-state index contributed by atoms with van der Waals surface area (Å²) >= 11 is 1.58. The summed E-state index contributed by atoms with van der Waals surface area (Å²) in [6, 6.07) is 0. The monoisotopic (exact) mass is 493 g/mol. The zero-order valence-corrected chi connectivity index (χ0v) is 24.0. The molecule has 0 unspecified atom stereocenters. The third-order valence-electron chi connectivity index (χ3n) is 6.61. The third kappa shape index (κ3) is 8.30. The van der Waals surface area contributed by atoms with Crippen LogP contribution in [0.3, 0.4) is 0 Å². The lowest BCUT2D eigenvalue weighted by atomic mass is 9.79. The quantitative estimate of drug-likeness (QED) is 0.176. The van der Waals surface area contributed by atoms with Gasteiger partial charge in [0.25, 0.3) is 0 Å². The summed E-state index contributed by atoms with van der Waals surface area (Å²) in [5.74, 6) is -0.290. The maximum Gasteiger partial charge on any atom is 0.309 e. The SMILES string of the molecule is C=CC[C@H](OC(=O)C[C@H](O[Si](C)(C)C(C)(C)C)C(C)(C)C(=O)CC)/C(C)=C/c1csc(C)n1. The molecule has 0 N–H and O–H groups in total. The standard InChI is InChI=1S/C26H43NO4SSi/c1-12-14-21(18(3)15-20-17-32-19(4)27-20)30-24(29)16-23(26(8,9)22(28)13-2)31-33(10,11)25(5,6)7/h12,15,17,21,23H,1,13-14,16H2,2-11H3/b18-15+/t21-,23-/m0/s1. The zero-order chi connectivity index (χ0) is 25.6.